The molecule has 7 nitrogen and oxygen atoms in total. The molecule has 1 rings (SSSR count). The second kappa shape index (κ2) is 11.8. The fraction of sp³-hybridized carbons (Fsp3) is 0.600. The van der Waals surface area contributed by atoms with E-state index in [9.17, 15) is 0 Å². The van der Waals surface area contributed by atoms with E-state index in [1.54, 1.807) is 13.2 Å². The number of ether oxygens (including phenoxy) is 2. The third-order valence-corrected chi connectivity index (χ3v) is 2.68. The van der Waals surface area contributed by atoms with Gasteiger partial charge in [-0.25, -0.2) is 4.99 Å². The molecule has 2 N–H and O–H groups in total. The first kappa shape index (κ1) is 18.2. The first-order valence-electron chi connectivity index (χ1n) is 7.38. The van der Waals surface area contributed by atoms with Crippen LogP contribution < -0.4 is 10.6 Å². The van der Waals surface area contributed by atoms with Gasteiger partial charge in [-0.1, -0.05) is 11.2 Å². The molecule has 0 aliphatic rings. The Morgan fingerprint density at radius 1 is 1.41 bits per heavy atom. The number of aliphatic imine (C=N–C) groups is 1. The van der Waals surface area contributed by atoms with Crippen molar-refractivity contribution in [1.29, 1.82) is 0 Å². The van der Waals surface area contributed by atoms with Crippen molar-refractivity contribution in [2.24, 2.45) is 4.99 Å². The fourth-order valence-electron chi connectivity index (χ4n) is 1.62. The zero-order valence-corrected chi connectivity index (χ0v) is 13.4. The Hall–Kier alpha value is -1.86. The van der Waals surface area contributed by atoms with Gasteiger partial charge in [0.15, 0.2) is 5.96 Å². The van der Waals surface area contributed by atoms with Crippen LogP contribution in [-0.2, 0) is 16.0 Å². The highest BCUT2D eigenvalue weighted by atomic mass is 16.5. The van der Waals surface area contributed by atoms with Crippen LogP contribution in [0.2, 0.25) is 0 Å². The van der Waals surface area contributed by atoms with Crippen LogP contribution in [0.25, 0.3) is 0 Å². The van der Waals surface area contributed by atoms with Crippen LogP contribution >= 0.6 is 0 Å². The fourth-order valence-corrected chi connectivity index (χ4v) is 1.62. The van der Waals surface area contributed by atoms with Crippen LogP contribution in [0.5, 0.6) is 0 Å². The van der Waals surface area contributed by atoms with Crippen molar-refractivity contribution in [3.8, 4) is 0 Å². The van der Waals surface area contributed by atoms with E-state index in [0.717, 1.165) is 30.4 Å². The molecular weight excluding hydrogens is 284 g/mol. The lowest BCUT2D eigenvalue weighted by atomic mass is 10.4. The van der Waals surface area contributed by atoms with Gasteiger partial charge in [0.25, 0.3) is 0 Å². The van der Waals surface area contributed by atoms with Crippen LogP contribution in [0.4, 0.5) is 0 Å². The van der Waals surface area contributed by atoms with Gasteiger partial charge in [-0.05, 0) is 13.3 Å². The van der Waals surface area contributed by atoms with Crippen LogP contribution in [0.3, 0.4) is 0 Å². The van der Waals surface area contributed by atoms with E-state index in [1.165, 1.54) is 0 Å². The van der Waals surface area contributed by atoms with Crippen molar-refractivity contribution in [3.05, 3.63) is 30.2 Å². The number of methoxy groups -OCH3 is 1. The van der Waals surface area contributed by atoms with Crippen molar-refractivity contribution in [2.75, 3.05) is 40.0 Å². The molecule has 0 atom stereocenters. The standard InChI is InChI=1S/C15H26N4O3/c1-4-6-16-15(17-7-5-8-21-10-9-20-3)18-12-14-11-13(2)22-19-14/h4,11H,1,5-10,12H2,2-3H3,(H2,16,17,18). The summed E-state index contributed by atoms with van der Waals surface area (Å²) in [5.41, 5.74) is 0.806. The van der Waals surface area contributed by atoms with E-state index >= 15 is 0 Å². The topological polar surface area (TPSA) is 80.9 Å². The summed E-state index contributed by atoms with van der Waals surface area (Å²) in [4.78, 5) is 4.46. The van der Waals surface area contributed by atoms with Crippen LogP contribution in [0, 0.1) is 6.92 Å². The average molecular weight is 310 g/mol. The summed E-state index contributed by atoms with van der Waals surface area (Å²) < 4.78 is 15.3. The Labute approximate surface area is 131 Å². The van der Waals surface area contributed by atoms with Crippen molar-refractivity contribution < 1.29 is 14.0 Å². The van der Waals surface area contributed by atoms with Crippen molar-refractivity contribution in [2.45, 2.75) is 19.9 Å². The molecular formula is C15H26N4O3. The number of hydrogen-bond acceptors (Lipinski definition) is 5. The molecule has 0 unspecified atom stereocenters. The number of nitrogens with one attached hydrogen (secondary N) is 2. The summed E-state index contributed by atoms with van der Waals surface area (Å²) >= 11 is 0. The second-order valence-corrected chi connectivity index (χ2v) is 4.65. The van der Waals surface area contributed by atoms with Gasteiger partial charge in [0.1, 0.15) is 11.5 Å². The SMILES string of the molecule is C=CCNC(=NCc1cc(C)on1)NCCCOCCOC. The number of aromatic nitrogens is 1. The minimum absolute atomic E-state index is 0.466. The maximum absolute atomic E-state index is 5.41. The number of aryl methyl sites for hydroxylation is 1. The summed E-state index contributed by atoms with van der Waals surface area (Å²) in [7, 11) is 1.66. The maximum Gasteiger partial charge on any atom is 0.191 e. The second-order valence-electron chi connectivity index (χ2n) is 4.65. The molecule has 0 fully saturated rings. The lowest BCUT2D eigenvalue weighted by Crippen LogP contribution is -2.38. The van der Waals surface area contributed by atoms with Gasteiger partial charge in [0.05, 0.1) is 19.8 Å². The molecule has 0 bridgehead atoms. The minimum atomic E-state index is 0.466. The number of rotatable bonds is 11. The van der Waals surface area contributed by atoms with Gasteiger partial charge in [0.2, 0.25) is 0 Å². The Kier molecular flexibility index (Phi) is 9.73. The summed E-state index contributed by atoms with van der Waals surface area (Å²) in [6.45, 7) is 9.37. The molecule has 0 radical (unpaired) electrons. The first-order chi connectivity index (χ1) is 10.8. The maximum atomic E-state index is 5.41. The van der Waals surface area contributed by atoms with E-state index < -0.39 is 0 Å². The average Bonchev–Trinajstić information content (AvgIpc) is 2.94. The molecule has 0 saturated carbocycles. The van der Waals surface area contributed by atoms with E-state index in [-0.39, 0.29) is 0 Å². The molecule has 7 heteroatoms. The number of hydrogen-bond donors (Lipinski definition) is 2. The number of guanidine groups is 1. The predicted octanol–water partition coefficient (Wildman–Crippen LogP) is 1.26. The van der Waals surface area contributed by atoms with E-state index in [1.807, 2.05) is 13.0 Å². The lowest BCUT2D eigenvalue weighted by molar-refractivity contribution is 0.0698. The monoisotopic (exact) mass is 310 g/mol. The van der Waals surface area contributed by atoms with E-state index in [2.05, 4.69) is 27.4 Å². The summed E-state index contributed by atoms with van der Waals surface area (Å²) in [5.74, 6) is 1.50. The highest BCUT2D eigenvalue weighted by Gasteiger charge is 2.01. The summed E-state index contributed by atoms with van der Waals surface area (Å²) in [6.07, 6.45) is 2.67. The van der Waals surface area contributed by atoms with Gasteiger partial charge < -0.3 is 24.6 Å². The normalized spacial score (nSPS) is 11.5. The Morgan fingerprint density at radius 2 is 2.27 bits per heavy atom. The summed E-state index contributed by atoms with van der Waals surface area (Å²) in [6, 6.07) is 1.87. The van der Waals surface area contributed by atoms with Crippen molar-refractivity contribution in [3.63, 3.8) is 0 Å². The molecule has 1 heterocycles. The van der Waals surface area contributed by atoms with Crippen molar-refractivity contribution in [1.82, 2.24) is 15.8 Å². The zero-order chi connectivity index (χ0) is 16.0. The Balaban J connectivity index is 2.28. The molecule has 0 aliphatic carbocycles. The molecule has 124 valence electrons. The molecule has 0 amide bonds. The van der Waals surface area contributed by atoms with E-state index in [0.29, 0.717) is 32.9 Å². The van der Waals surface area contributed by atoms with Gasteiger partial charge >= 0.3 is 0 Å². The van der Waals surface area contributed by atoms with Crippen LogP contribution in [0.15, 0.2) is 28.2 Å². The molecule has 1 aromatic heterocycles. The van der Waals surface area contributed by atoms with Crippen molar-refractivity contribution >= 4 is 5.96 Å². The highest BCUT2D eigenvalue weighted by Crippen LogP contribution is 2.02. The molecule has 0 spiro atoms. The summed E-state index contributed by atoms with van der Waals surface area (Å²) in [5, 5.41) is 10.3. The van der Waals surface area contributed by atoms with Crippen LogP contribution in [0.1, 0.15) is 17.9 Å². The van der Waals surface area contributed by atoms with Crippen LogP contribution in [-0.4, -0.2) is 51.1 Å². The third-order valence-electron chi connectivity index (χ3n) is 2.68. The molecule has 22 heavy (non-hydrogen) atoms. The molecule has 0 aliphatic heterocycles. The predicted molar refractivity (Wildman–Crippen MR) is 85.9 cm³/mol. The smallest absolute Gasteiger partial charge is 0.191 e. The van der Waals surface area contributed by atoms with Gasteiger partial charge in [-0.15, -0.1) is 6.58 Å². The molecule has 1 aromatic rings. The number of nitrogens with zero attached hydrogens (tertiary/aromatic N) is 2. The highest BCUT2D eigenvalue weighted by molar-refractivity contribution is 5.79. The molecule has 0 aromatic carbocycles. The van der Waals surface area contributed by atoms with Gasteiger partial charge in [0, 0.05) is 32.9 Å². The van der Waals surface area contributed by atoms with Gasteiger partial charge in [-0.2, -0.15) is 0 Å². The quantitative estimate of drug-likeness (QED) is 0.277. The molecule has 0 saturated heterocycles. The first-order valence-corrected chi connectivity index (χ1v) is 7.38. The third kappa shape index (κ3) is 8.43. The Morgan fingerprint density at radius 3 is 2.95 bits per heavy atom. The zero-order valence-electron chi connectivity index (χ0n) is 13.4. The van der Waals surface area contributed by atoms with Gasteiger partial charge in [-0.3, -0.25) is 0 Å². The Bertz CT molecular complexity index is 446. The largest absolute Gasteiger partial charge is 0.382 e. The van der Waals surface area contributed by atoms with E-state index in [4.69, 9.17) is 14.0 Å². The minimum Gasteiger partial charge on any atom is -0.382 e. The lowest BCUT2D eigenvalue weighted by Gasteiger charge is -2.11.